The van der Waals surface area contributed by atoms with Gasteiger partial charge in [-0.1, -0.05) is 6.07 Å². The third-order valence-electron chi connectivity index (χ3n) is 2.07. The Morgan fingerprint density at radius 3 is 2.38 bits per heavy atom. The molecule has 0 aliphatic rings. The smallest absolute Gasteiger partial charge is 0.383 e. The molecule has 4 nitrogen and oxygen atoms in total. The number of anilines is 2. The highest BCUT2D eigenvalue weighted by atomic mass is 19.4. The van der Waals surface area contributed by atoms with Crippen molar-refractivity contribution in [3.8, 4) is 0 Å². The Labute approximate surface area is 88.1 Å². The number of aromatic nitrogens is 2. The molecule has 4 N–H and O–H groups in total. The molecule has 0 aliphatic carbocycles. The van der Waals surface area contributed by atoms with E-state index in [9.17, 15) is 13.2 Å². The summed E-state index contributed by atoms with van der Waals surface area (Å²) in [5.74, 6) is -0.417. The molecule has 0 unspecified atom stereocenters. The van der Waals surface area contributed by atoms with Crippen molar-refractivity contribution < 1.29 is 13.2 Å². The van der Waals surface area contributed by atoms with Crippen molar-refractivity contribution in [1.29, 1.82) is 0 Å². The Morgan fingerprint density at radius 2 is 1.75 bits per heavy atom. The molecule has 16 heavy (non-hydrogen) atoms. The van der Waals surface area contributed by atoms with Crippen molar-refractivity contribution in [2.75, 3.05) is 11.5 Å². The lowest BCUT2D eigenvalue weighted by Gasteiger charge is -2.11. The van der Waals surface area contributed by atoms with Gasteiger partial charge in [0.05, 0.1) is 16.5 Å². The van der Waals surface area contributed by atoms with Crippen LogP contribution in [0.15, 0.2) is 18.2 Å². The van der Waals surface area contributed by atoms with E-state index in [1.165, 1.54) is 12.1 Å². The third kappa shape index (κ3) is 1.60. The van der Waals surface area contributed by atoms with Crippen LogP contribution in [-0.2, 0) is 6.18 Å². The van der Waals surface area contributed by atoms with Crippen molar-refractivity contribution in [1.82, 2.24) is 9.97 Å². The minimum absolute atomic E-state index is 0.0832. The summed E-state index contributed by atoms with van der Waals surface area (Å²) in [5.41, 5.74) is 9.95. The first-order valence-electron chi connectivity index (χ1n) is 4.28. The van der Waals surface area contributed by atoms with Crippen LogP contribution in [0.5, 0.6) is 0 Å². The fourth-order valence-corrected chi connectivity index (χ4v) is 1.47. The summed E-state index contributed by atoms with van der Waals surface area (Å²) in [6, 6.07) is 3.58. The van der Waals surface area contributed by atoms with E-state index in [0.29, 0.717) is 0 Å². The number of nitrogens with two attached hydrogens (primary N) is 2. The number of alkyl halides is 3. The first-order chi connectivity index (χ1) is 7.39. The summed E-state index contributed by atoms with van der Waals surface area (Å²) in [6.45, 7) is 0. The SMILES string of the molecule is Nc1nc(N)c2c(C(F)(F)F)cccc2n1. The fraction of sp³-hybridized carbons (Fsp3) is 0.111. The monoisotopic (exact) mass is 228 g/mol. The van der Waals surface area contributed by atoms with Gasteiger partial charge in [-0.25, -0.2) is 4.98 Å². The van der Waals surface area contributed by atoms with Crippen molar-refractivity contribution in [3.05, 3.63) is 23.8 Å². The second-order valence-corrected chi connectivity index (χ2v) is 3.16. The Kier molecular flexibility index (Phi) is 2.11. The number of hydrogen-bond donors (Lipinski definition) is 2. The Hall–Kier alpha value is -2.05. The van der Waals surface area contributed by atoms with Crippen molar-refractivity contribution >= 4 is 22.7 Å². The van der Waals surface area contributed by atoms with E-state index < -0.39 is 11.7 Å². The maximum Gasteiger partial charge on any atom is 0.417 e. The quantitative estimate of drug-likeness (QED) is 0.720. The van der Waals surface area contributed by atoms with Crippen molar-refractivity contribution in [2.45, 2.75) is 6.18 Å². The Morgan fingerprint density at radius 1 is 1.06 bits per heavy atom. The highest BCUT2D eigenvalue weighted by Gasteiger charge is 2.33. The molecular formula is C9H7F3N4. The normalized spacial score (nSPS) is 11.9. The molecule has 1 aromatic carbocycles. The zero-order chi connectivity index (χ0) is 11.9. The highest BCUT2D eigenvalue weighted by molar-refractivity contribution is 5.92. The molecule has 0 atom stereocenters. The molecular weight excluding hydrogens is 221 g/mol. The molecule has 1 heterocycles. The van der Waals surface area contributed by atoms with Crippen LogP contribution in [0, 0.1) is 0 Å². The van der Waals surface area contributed by atoms with Crippen LogP contribution >= 0.6 is 0 Å². The molecule has 2 aromatic rings. The van der Waals surface area contributed by atoms with Gasteiger partial charge in [0.2, 0.25) is 5.95 Å². The van der Waals surface area contributed by atoms with Crippen molar-refractivity contribution in [2.24, 2.45) is 0 Å². The van der Waals surface area contributed by atoms with Gasteiger partial charge in [-0.3, -0.25) is 0 Å². The molecule has 1 aromatic heterocycles. The van der Waals surface area contributed by atoms with E-state index in [1.807, 2.05) is 0 Å². The molecule has 0 radical (unpaired) electrons. The second kappa shape index (κ2) is 3.22. The largest absolute Gasteiger partial charge is 0.417 e. The molecule has 7 heteroatoms. The number of rotatable bonds is 0. The van der Waals surface area contributed by atoms with Crippen LogP contribution in [0.25, 0.3) is 10.9 Å². The molecule has 0 aliphatic heterocycles. The molecule has 2 rings (SSSR count). The van der Waals surface area contributed by atoms with E-state index in [1.54, 1.807) is 0 Å². The summed E-state index contributed by atoms with van der Waals surface area (Å²) in [6.07, 6.45) is -4.49. The van der Waals surface area contributed by atoms with Gasteiger partial charge in [-0.15, -0.1) is 0 Å². The zero-order valence-electron chi connectivity index (χ0n) is 7.92. The van der Waals surface area contributed by atoms with Crippen LogP contribution in [-0.4, -0.2) is 9.97 Å². The Bertz CT molecular complexity index is 550. The minimum atomic E-state index is -4.49. The summed E-state index contributed by atoms with van der Waals surface area (Å²) in [4.78, 5) is 7.22. The zero-order valence-corrected chi connectivity index (χ0v) is 7.92. The van der Waals surface area contributed by atoms with Gasteiger partial charge in [0.1, 0.15) is 5.82 Å². The van der Waals surface area contributed by atoms with Crippen LogP contribution in [0.3, 0.4) is 0 Å². The predicted molar refractivity (Wildman–Crippen MR) is 53.4 cm³/mol. The van der Waals surface area contributed by atoms with Gasteiger partial charge in [0.25, 0.3) is 0 Å². The van der Waals surface area contributed by atoms with Crippen LogP contribution in [0.2, 0.25) is 0 Å². The second-order valence-electron chi connectivity index (χ2n) is 3.16. The number of nitrogens with zero attached hydrogens (tertiary/aromatic N) is 2. The summed E-state index contributed by atoms with van der Waals surface area (Å²) >= 11 is 0. The molecule has 0 saturated heterocycles. The van der Waals surface area contributed by atoms with E-state index in [2.05, 4.69) is 9.97 Å². The molecule has 0 spiro atoms. The van der Waals surface area contributed by atoms with E-state index in [4.69, 9.17) is 11.5 Å². The van der Waals surface area contributed by atoms with Gasteiger partial charge < -0.3 is 11.5 Å². The number of halogens is 3. The number of benzene rings is 1. The van der Waals surface area contributed by atoms with Crippen molar-refractivity contribution in [3.63, 3.8) is 0 Å². The maximum atomic E-state index is 12.7. The molecule has 0 fully saturated rings. The van der Waals surface area contributed by atoms with Crippen LogP contribution in [0.4, 0.5) is 24.9 Å². The fourth-order valence-electron chi connectivity index (χ4n) is 1.47. The number of nitrogen functional groups attached to an aromatic ring is 2. The predicted octanol–water partition coefficient (Wildman–Crippen LogP) is 1.81. The van der Waals surface area contributed by atoms with Crippen LogP contribution in [0.1, 0.15) is 5.56 Å². The van der Waals surface area contributed by atoms with Gasteiger partial charge in [0, 0.05) is 0 Å². The topological polar surface area (TPSA) is 77.8 Å². The van der Waals surface area contributed by atoms with Crippen LogP contribution < -0.4 is 11.5 Å². The lowest BCUT2D eigenvalue weighted by Crippen LogP contribution is -2.09. The highest BCUT2D eigenvalue weighted by Crippen LogP contribution is 2.36. The number of fused-ring (bicyclic) bond motifs is 1. The first kappa shape index (κ1) is 10.5. The lowest BCUT2D eigenvalue weighted by atomic mass is 10.1. The van der Waals surface area contributed by atoms with Gasteiger partial charge in [-0.05, 0) is 12.1 Å². The van der Waals surface area contributed by atoms with E-state index >= 15 is 0 Å². The average molecular weight is 228 g/mol. The standard InChI is InChI=1S/C9H7F3N4/c10-9(11,12)4-2-1-3-5-6(4)7(13)16-8(14)15-5/h1-3H,(H4,13,14,15,16). The molecule has 0 saturated carbocycles. The maximum absolute atomic E-state index is 12.7. The average Bonchev–Trinajstić information content (AvgIpc) is 2.14. The van der Waals surface area contributed by atoms with Gasteiger partial charge >= 0.3 is 6.18 Å². The summed E-state index contributed by atoms with van der Waals surface area (Å²) in [5, 5.41) is -0.218. The Balaban J connectivity index is 2.87. The van der Waals surface area contributed by atoms with Gasteiger partial charge in [0.15, 0.2) is 0 Å². The first-order valence-corrected chi connectivity index (χ1v) is 4.28. The molecule has 84 valence electrons. The van der Waals surface area contributed by atoms with E-state index in [0.717, 1.165) is 6.07 Å². The van der Waals surface area contributed by atoms with E-state index in [-0.39, 0.29) is 22.7 Å². The minimum Gasteiger partial charge on any atom is -0.383 e. The summed E-state index contributed by atoms with van der Waals surface area (Å²) < 4.78 is 38.0. The van der Waals surface area contributed by atoms with Gasteiger partial charge in [-0.2, -0.15) is 18.2 Å². The third-order valence-corrected chi connectivity index (χ3v) is 2.07. The summed E-state index contributed by atoms with van der Waals surface area (Å²) in [7, 11) is 0. The molecule has 0 amide bonds. The number of hydrogen-bond acceptors (Lipinski definition) is 4. The molecule has 0 bridgehead atoms. The lowest BCUT2D eigenvalue weighted by molar-refractivity contribution is -0.136.